The van der Waals surface area contributed by atoms with Gasteiger partial charge in [0.05, 0.1) is 0 Å². The van der Waals surface area contributed by atoms with Crippen molar-refractivity contribution in [1.29, 1.82) is 0 Å². The van der Waals surface area contributed by atoms with Crippen LogP contribution in [0.2, 0.25) is 0 Å². The van der Waals surface area contributed by atoms with Gasteiger partial charge in [-0.3, -0.25) is 0 Å². The average Bonchev–Trinajstić information content (AvgIpc) is 2.95. The van der Waals surface area contributed by atoms with Crippen molar-refractivity contribution in [3.05, 3.63) is 34.4 Å². The van der Waals surface area contributed by atoms with Crippen LogP contribution in [0.5, 0.6) is 0 Å². The lowest BCUT2D eigenvalue weighted by atomic mass is 9.83. The van der Waals surface area contributed by atoms with Crippen molar-refractivity contribution < 1.29 is 0 Å². The molecule has 0 saturated heterocycles. The molecule has 0 heteroatoms. The Labute approximate surface area is 103 Å². The van der Waals surface area contributed by atoms with Gasteiger partial charge in [0.25, 0.3) is 0 Å². The van der Waals surface area contributed by atoms with Crippen molar-refractivity contribution in [2.75, 3.05) is 0 Å². The van der Waals surface area contributed by atoms with Crippen LogP contribution < -0.4 is 0 Å². The molecule has 0 atom stereocenters. The third-order valence-electron chi connectivity index (χ3n) is 4.51. The Hall–Kier alpha value is -1.66. The van der Waals surface area contributed by atoms with Gasteiger partial charge < -0.3 is 0 Å². The molecule has 0 nitrogen and oxygen atoms in total. The molecule has 1 spiro atoms. The maximum absolute atomic E-state index is 5.60. The molecule has 0 bridgehead atoms. The lowest BCUT2D eigenvalue weighted by molar-refractivity contribution is 0.317. The Bertz CT molecular complexity index is 498. The van der Waals surface area contributed by atoms with E-state index in [2.05, 4.69) is 11.8 Å². The summed E-state index contributed by atoms with van der Waals surface area (Å²) in [5.41, 5.74) is 5.33. The van der Waals surface area contributed by atoms with E-state index in [1.165, 1.54) is 36.8 Å². The van der Waals surface area contributed by atoms with Gasteiger partial charge in [0.15, 0.2) is 0 Å². The van der Waals surface area contributed by atoms with Gasteiger partial charge in [0.1, 0.15) is 0 Å². The highest BCUT2D eigenvalue weighted by Crippen LogP contribution is 2.50. The van der Waals surface area contributed by atoms with Crippen LogP contribution in [-0.2, 0) is 12.8 Å². The summed E-state index contributed by atoms with van der Waals surface area (Å²) in [5, 5.41) is 0. The molecule has 1 aromatic carbocycles. The lowest BCUT2D eigenvalue weighted by Gasteiger charge is -2.21. The average molecular weight is 220 g/mol. The Balaban J connectivity index is 2.12. The van der Waals surface area contributed by atoms with Crippen LogP contribution in [0.1, 0.15) is 47.9 Å². The fourth-order valence-electron chi connectivity index (χ4n) is 3.66. The highest BCUT2D eigenvalue weighted by molar-refractivity contribution is 5.56. The summed E-state index contributed by atoms with van der Waals surface area (Å²) in [6, 6.07) is 4.03. The van der Waals surface area contributed by atoms with Crippen LogP contribution in [0.4, 0.5) is 0 Å². The van der Waals surface area contributed by atoms with Gasteiger partial charge in [-0.15, -0.1) is 12.8 Å². The normalized spacial score (nSPS) is 19.9. The molecular formula is C17H16. The van der Waals surface area contributed by atoms with E-state index in [4.69, 9.17) is 12.8 Å². The molecule has 0 amide bonds. The molecule has 0 N–H and O–H groups in total. The first-order valence-corrected chi connectivity index (χ1v) is 6.36. The molecule has 1 fully saturated rings. The number of rotatable bonds is 0. The summed E-state index contributed by atoms with van der Waals surface area (Å²) >= 11 is 0. The quantitative estimate of drug-likeness (QED) is 0.588. The van der Waals surface area contributed by atoms with E-state index in [0.717, 1.165) is 24.0 Å². The molecule has 84 valence electrons. The molecule has 1 saturated carbocycles. The summed E-state index contributed by atoms with van der Waals surface area (Å²) < 4.78 is 0. The molecule has 0 radical (unpaired) electrons. The van der Waals surface area contributed by atoms with Crippen molar-refractivity contribution in [2.24, 2.45) is 5.41 Å². The molecule has 2 aliphatic carbocycles. The fourth-order valence-corrected chi connectivity index (χ4v) is 3.66. The molecule has 2 aliphatic rings. The highest BCUT2D eigenvalue weighted by atomic mass is 14.4. The van der Waals surface area contributed by atoms with E-state index < -0.39 is 0 Å². The van der Waals surface area contributed by atoms with Crippen molar-refractivity contribution in [2.45, 2.75) is 38.5 Å². The van der Waals surface area contributed by atoms with E-state index in [1.807, 2.05) is 12.1 Å². The topological polar surface area (TPSA) is 0 Å². The summed E-state index contributed by atoms with van der Waals surface area (Å²) in [7, 11) is 0. The first-order chi connectivity index (χ1) is 8.28. The second-order valence-corrected chi connectivity index (χ2v) is 5.47. The van der Waals surface area contributed by atoms with Crippen molar-refractivity contribution in [3.63, 3.8) is 0 Å². The lowest BCUT2D eigenvalue weighted by Crippen LogP contribution is -2.15. The standard InChI is InChI=1S/C17H16/c1-3-13-7-8-14(4-2)16-12-17(11-15(13)16)9-5-6-10-17/h1-2,7-8H,5-6,9-12H2. The zero-order valence-corrected chi connectivity index (χ0v) is 10.1. The van der Waals surface area contributed by atoms with E-state index in [1.54, 1.807) is 0 Å². The number of hydrogen-bond acceptors (Lipinski definition) is 0. The summed E-state index contributed by atoms with van der Waals surface area (Å²) in [5.74, 6) is 5.63. The van der Waals surface area contributed by atoms with Crippen LogP contribution in [0, 0.1) is 30.1 Å². The minimum Gasteiger partial charge on any atom is -0.115 e. The maximum atomic E-state index is 5.60. The Morgan fingerprint density at radius 1 is 0.882 bits per heavy atom. The largest absolute Gasteiger partial charge is 0.115 e. The van der Waals surface area contributed by atoms with Crippen LogP contribution in [0.15, 0.2) is 12.1 Å². The van der Waals surface area contributed by atoms with Gasteiger partial charge >= 0.3 is 0 Å². The molecule has 0 unspecified atom stereocenters. The Kier molecular flexibility index (Phi) is 2.27. The number of benzene rings is 1. The zero-order chi connectivity index (χ0) is 11.9. The predicted molar refractivity (Wildman–Crippen MR) is 70.6 cm³/mol. The predicted octanol–water partition coefficient (Wildman–Crippen LogP) is 3.31. The van der Waals surface area contributed by atoms with Crippen molar-refractivity contribution >= 4 is 0 Å². The van der Waals surface area contributed by atoms with E-state index in [9.17, 15) is 0 Å². The first kappa shape index (κ1) is 10.5. The van der Waals surface area contributed by atoms with Crippen LogP contribution >= 0.6 is 0 Å². The minimum atomic E-state index is 0.487. The molecule has 0 aliphatic heterocycles. The van der Waals surface area contributed by atoms with Crippen LogP contribution in [0.3, 0.4) is 0 Å². The maximum Gasteiger partial charge on any atom is 0.0278 e. The third-order valence-corrected chi connectivity index (χ3v) is 4.51. The number of hydrogen-bond donors (Lipinski definition) is 0. The summed E-state index contributed by atoms with van der Waals surface area (Å²) in [4.78, 5) is 0. The smallest absolute Gasteiger partial charge is 0.0278 e. The summed E-state index contributed by atoms with van der Waals surface area (Å²) in [6.45, 7) is 0. The highest BCUT2D eigenvalue weighted by Gasteiger charge is 2.41. The van der Waals surface area contributed by atoms with Crippen molar-refractivity contribution in [1.82, 2.24) is 0 Å². The molecule has 0 aromatic heterocycles. The van der Waals surface area contributed by atoms with Gasteiger partial charge in [-0.05, 0) is 54.4 Å². The molecule has 0 heterocycles. The first-order valence-electron chi connectivity index (χ1n) is 6.36. The SMILES string of the molecule is C#Cc1ccc(C#C)c2c1CC1(CCCC1)C2. The van der Waals surface area contributed by atoms with Gasteiger partial charge in [-0.1, -0.05) is 24.7 Å². The van der Waals surface area contributed by atoms with Gasteiger partial charge in [-0.25, -0.2) is 0 Å². The minimum absolute atomic E-state index is 0.487. The molecule has 17 heavy (non-hydrogen) atoms. The Morgan fingerprint density at radius 2 is 1.35 bits per heavy atom. The van der Waals surface area contributed by atoms with Crippen LogP contribution in [-0.4, -0.2) is 0 Å². The molecule has 1 aromatic rings. The van der Waals surface area contributed by atoms with E-state index in [-0.39, 0.29) is 0 Å². The Morgan fingerprint density at radius 3 is 1.76 bits per heavy atom. The van der Waals surface area contributed by atoms with Gasteiger partial charge in [0.2, 0.25) is 0 Å². The van der Waals surface area contributed by atoms with Gasteiger partial charge in [-0.2, -0.15) is 0 Å². The van der Waals surface area contributed by atoms with Crippen molar-refractivity contribution in [3.8, 4) is 24.7 Å². The zero-order valence-electron chi connectivity index (χ0n) is 10.1. The fraction of sp³-hybridized carbons (Fsp3) is 0.412. The second-order valence-electron chi connectivity index (χ2n) is 5.47. The van der Waals surface area contributed by atoms with Gasteiger partial charge in [0, 0.05) is 11.1 Å². The second kappa shape index (κ2) is 3.68. The van der Waals surface area contributed by atoms with Crippen LogP contribution in [0.25, 0.3) is 0 Å². The monoisotopic (exact) mass is 220 g/mol. The third kappa shape index (κ3) is 1.49. The molecular weight excluding hydrogens is 204 g/mol. The number of fused-ring (bicyclic) bond motifs is 1. The summed E-state index contributed by atoms with van der Waals surface area (Å²) in [6.07, 6.45) is 18.9. The number of terminal acetylenes is 2. The van der Waals surface area contributed by atoms with E-state index in [0.29, 0.717) is 5.41 Å². The molecule has 3 rings (SSSR count). The van der Waals surface area contributed by atoms with E-state index >= 15 is 0 Å².